The van der Waals surface area contributed by atoms with Crippen LogP contribution in [-0.4, -0.2) is 35.3 Å². The third-order valence-electron chi connectivity index (χ3n) is 3.10. The van der Waals surface area contributed by atoms with E-state index >= 15 is 0 Å². The van der Waals surface area contributed by atoms with E-state index in [1.807, 2.05) is 30.3 Å². The summed E-state index contributed by atoms with van der Waals surface area (Å²) in [5.74, 6) is 0. The predicted octanol–water partition coefficient (Wildman–Crippen LogP) is 2.89. The van der Waals surface area contributed by atoms with Crippen LogP contribution in [-0.2, 0) is 11.3 Å². The Hall–Kier alpha value is -1.71. The van der Waals surface area contributed by atoms with Crippen LogP contribution in [0.1, 0.15) is 18.4 Å². The fourth-order valence-electron chi connectivity index (χ4n) is 2.11. The molecular formula is C14H16N2O2S. The van der Waals surface area contributed by atoms with E-state index in [2.05, 4.69) is 22.4 Å². The maximum absolute atomic E-state index is 11.9. The Morgan fingerprint density at radius 3 is 3.00 bits per heavy atom. The van der Waals surface area contributed by atoms with Crippen LogP contribution in [0.5, 0.6) is 0 Å². The molecule has 0 bridgehead atoms. The molecule has 4 nitrogen and oxygen atoms in total. The van der Waals surface area contributed by atoms with Crippen molar-refractivity contribution in [3.05, 3.63) is 35.9 Å². The Labute approximate surface area is 118 Å². The number of carbonyl (C=O) groups is 1. The monoisotopic (exact) mass is 276 g/mol. The second kappa shape index (κ2) is 7.02. The van der Waals surface area contributed by atoms with Gasteiger partial charge in [-0.1, -0.05) is 30.3 Å². The van der Waals surface area contributed by atoms with Crippen molar-refractivity contribution in [2.24, 2.45) is 4.99 Å². The van der Waals surface area contributed by atoms with Crippen LogP contribution in [0.4, 0.5) is 4.79 Å². The number of likely N-dealkylation sites (tertiary alicyclic amines) is 1. The second-order valence-electron chi connectivity index (χ2n) is 4.50. The first kappa shape index (κ1) is 13.7. The normalized spacial score (nSPS) is 18.5. The summed E-state index contributed by atoms with van der Waals surface area (Å²) in [5.41, 5.74) is 0.987. The van der Waals surface area contributed by atoms with Gasteiger partial charge >= 0.3 is 6.09 Å². The molecule has 0 aromatic heterocycles. The topological polar surface area (TPSA) is 41.9 Å². The summed E-state index contributed by atoms with van der Waals surface area (Å²) < 4.78 is 5.29. The summed E-state index contributed by atoms with van der Waals surface area (Å²) in [7, 11) is 0. The molecule has 19 heavy (non-hydrogen) atoms. The molecule has 1 heterocycles. The Balaban J connectivity index is 1.84. The zero-order valence-electron chi connectivity index (χ0n) is 10.6. The number of carbonyl (C=O) groups excluding carboxylic acids is 1. The highest BCUT2D eigenvalue weighted by Gasteiger charge is 2.24. The van der Waals surface area contributed by atoms with Gasteiger partial charge in [0.2, 0.25) is 0 Å². The zero-order valence-corrected chi connectivity index (χ0v) is 11.4. The van der Waals surface area contributed by atoms with Gasteiger partial charge < -0.3 is 9.64 Å². The van der Waals surface area contributed by atoms with Gasteiger partial charge in [0.15, 0.2) is 0 Å². The van der Waals surface area contributed by atoms with Crippen LogP contribution in [0.3, 0.4) is 0 Å². The Bertz CT molecular complexity index is 472. The van der Waals surface area contributed by atoms with Gasteiger partial charge in [0, 0.05) is 13.1 Å². The number of amides is 1. The summed E-state index contributed by atoms with van der Waals surface area (Å²) in [4.78, 5) is 17.7. The molecule has 0 saturated carbocycles. The molecular weight excluding hydrogens is 260 g/mol. The highest BCUT2D eigenvalue weighted by Crippen LogP contribution is 2.14. The fraction of sp³-hybridized carbons (Fsp3) is 0.429. The molecule has 0 spiro atoms. The highest BCUT2D eigenvalue weighted by atomic mass is 32.1. The van der Waals surface area contributed by atoms with E-state index in [1.54, 1.807) is 4.90 Å². The molecule has 0 N–H and O–H groups in total. The fourth-order valence-corrected chi connectivity index (χ4v) is 2.26. The zero-order chi connectivity index (χ0) is 13.5. The standard InChI is InChI=1S/C14H16N2O2S/c17-14(18-10-12-5-2-1-3-6-12)16-8-4-7-13(9-16)15-11-19/h1-3,5-6,13H,4,7-10H2. The Morgan fingerprint density at radius 1 is 1.47 bits per heavy atom. The largest absolute Gasteiger partial charge is 0.445 e. The molecule has 5 heteroatoms. The third kappa shape index (κ3) is 4.16. The molecule has 100 valence electrons. The van der Waals surface area contributed by atoms with Crippen LogP contribution in [0.2, 0.25) is 0 Å². The first-order chi connectivity index (χ1) is 9.29. The first-order valence-electron chi connectivity index (χ1n) is 6.32. The van der Waals surface area contributed by atoms with Gasteiger partial charge in [-0.15, -0.1) is 0 Å². The molecule has 1 aromatic rings. The number of rotatable bonds is 3. The quantitative estimate of drug-likeness (QED) is 0.629. The van der Waals surface area contributed by atoms with E-state index in [-0.39, 0.29) is 12.1 Å². The summed E-state index contributed by atoms with van der Waals surface area (Å²) in [6.45, 7) is 1.59. The van der Waals surface area contributed by atoms with Crippen molar-refractivity contribution in [1.82, 2.24) is 4.90 Å². The Morgan fingerprint density at radius 2 is 2.26 bits per heavy atom. The smallest absolute Gasteiger partial charge is 0.410 e. The maximum Gasteiger partial charge on any atom is 0.410 e. The van der Waals surface area contributed by atoms with Gasteiger partial charge in [-0.05, 0) is 30.6 Å². The molecule has 0 aliphatic carbocycles. The number of nitrogens with zero attached hydrogens (tertiary/aromatic N) is 2. The minimum atomic E-state index is -0.284. The molecule has 1 amide bonds. The van der Waals surface area contributed by atoms with Gasteiger partial charge in [-0.3, -0.25) is 0 Å². The van der Waals surface area contributed by atoms with Crippen molar-refractivity contribution < 1.29 is 9.53 Å². The summed E-state index contributed by atoms with van der Waals surface area (Å²) >= 11 is 4.60. The first-order valence-corrected chi connectivity index (χ1v) is 6.73. The number of isothiocyanates is 1. The number of thiocarbonyl (C=S) groups is 1. The van der Waals surface area contributed by atoms with Gasteiger partial charge in [0.1, 0.15) is 6.61 Å². The van der Waals surface area contributed by atoms with Crippen molar-refractivity contribution >= 4 is 23.5 Å². The molecule has 1 aliphatic rings. The van der Waals surface area contributed by atoms with E-state index in [0.29, 0.717) is 13.2 Å². The minimum absolute atomic E-state index is 0.0653. The number of hydrogen-bond acceptors (Lipinski definition) is 4. The van der Waals surface area contributed by atoms with E-state index in [0.717, 1.165) is 24.9 Å². The van der Waals surface area contributed by atoms with Crippen molar-refractivity contribution in [3.63, 3.8) is 0 Å². The SMILES string of the molecule is O=C(OCc1ccccc1)N1CCCC(N=C=S)C1. The minimum Gasteiger partial charge on any atom is -0.445 e. The number of hydrogen-bond donors (Lipinski definition) is 0. The summed E-state index contributed by atoms with van der Waals surface area (Å²) in [5, 5.41) is 2.38. The van der Waals surface area contributed by atoms with Crippen LogP contribution < -0.4 is 0 Å². The van der Waals surface area contributed by atoms with Gasteiger partial charge in [-0.25, -0.2) is 9.79 Å². The molecule has 1 saturated heterocycles. The lowest BCUT2D eigenvalue weighted by atomic mass is 10.1. The number of piperidine rings is 1. The van der Waals surface area contributed by atoms with Crippen LogP contribution in [0, 0.1) is 0 Å². The highest BCUT2D eigenvalue weighted by molar-refractivity contribution is 7.78. The maximum atomic E-state index is 11.9. The summed E-state index contributed by atoms with van der Waals surface area (Å²) in [6.07, 6.45) is 1.59. The van der Waals surface area contributed by atoms with Crippen molar-refractivity contribution in [1.29, 1.82) is 0 Å². The van der Waals surface area contributed by atoms with Crippen molar-refractivity contribution in [3.8, 4) is 0 Å². The molecule has 1 unspecified atom stereocenters. The van der Waals surface area contributed by atoms with E-state index in [1.165, 1.54) is 0 Å². The lowest BCUT2D eigenvalue weighted by Gasteiger charge is -2.29. The average Bonchev–Trinajstić information content (AvgIpc) is 2.46. The van der Waals surface area contributed by atoms with E-state index in [9.17, 15) is 4.79 Å². The average molecular weight is 276 g/mol. The number of aliphatic imine (C=N–C) groups is 1. The molecule has 2 rings (SSSR count). The molecule has 1 aromatic carbocycles. The van der Waals surface area contributed by atoms with Gasteiger partial charge in [0.05, 0.1) is 11.2 Å². The third-order valence-corrected chi connectivity index (χ3v) is 3.20. The molecule has 0 radical (unpaired) electrons. The Kier molecular flexibility index (Phi) is 5.07. The lowest BCUT2D eigenvalue weighted by molar-refractivity contribution is 0.0864. The van der Waals surface area contributed by atoms with E-state index in [4.69, 9.17) is 4.74 Å². The van der Waals surface area contributed by atoms with Crippen LogP contribution >= 0.6 is 12.2 Å². The molecule has 1 aliphatic heterocycles. The second-order valence-corrected chi connectivity index (χ2v) is 4.69. The van der Waals surface area contributed by atoms with Gasteiger partial charge in [0.25, 0.3) is 0 Å². The molecule has 1 fully saturated rings. The predicted molar refractivity (Wildman–Crippen MR) is 76.2 cm³/mol. The number of benzene rings is 1. The van der Waals surface area contributed by atoms with Crippen LogP contribution in [0.25, 0.3) is 0 Å². The van der Waals surface area contributed by atoms with Crippen molar-refractivity contribution in [2.75, 3.05) is 13.1 Å². The number of ether oxygens (including phenoxy) is 1. The summed E-state index contributed by atoms with van der Waals surface area (Å²) in [6, 6.07) is 9.72. The van der Waals surface area contributed by atoms with Crippen LogP contribution in [0.15, 0.2) is 35.3 Å². The molecule has 1 atom stereocenters. The van der Waals surface area contributed by atoms with Gasteiger partial charge in [-0.2, -0.15) is 0 Å². The van der Waals surface area contributed by atoms with E-state index < -0.39 is 0 Å². The van der Waals surface area contributed by atoms with Crippen molar-refractivity contribution in [2.45, 2.75) is 25.5 Å². The lowest BCUT2D eigenvalue weighted by Crippen LogP contribution is -2.41.